The molecule has 15 heavy (non-hydrogen) atoms. The molecule has 0 saturated carbocycles. The SMILES string of the molecule is CNC(=O)C(NC(=O)C(C)NC)C(C)C. The van der Waals surface area contributed by atoms with Gasteiger partial charge in [0.1, 0.15) is 6.04 Å². The maximum absolute atomic E-state index is 11.6. The average Bonchev–Trinajstić information content (AvgIpc) is 2.22. The Kier molecular flexibility index (Phi) is 5.93. The van der Waals surface area contributed by atoms with Crippen LogP contribution in [0, 0.1) is 5.92 Å². The van der Waals surface area contributed by atoms with Gasteiger partial charge in [-0.1, -0.05) is 13.8 Å². The molecule has 0 rings (SSSR count). The minimum Gasteiger partial charge on any atom is -0.357 e. The van der Waals surface area contributed by atoms with E-state index in [9.17, 15) is 9.59 Å². The lowest BCUT2D eigenvalue weighted by molar-refractivity contribution is -0.130. The highest BCUT2D eigenvalue weighted by Crippen LogP contribution is 2.01. The predicted molar refractivity (Wildman–Crippen MR) is 59.4 cm³/mol. The van der Waals surface area contributed by atoms with Gasteiger partial charge in [0.05, 0.1) is 6.04 Å². The van der Waals surface area contributed by atoms with Gasteiger partial charge in [0.2, 0.25) is 11.8 Å². The van der Waals surface area contributed by atoms with Gasteiger partial charge < -0.3 is 16.0 Å². The molecular formula is C10H21N3O2. The zero-order valence-electron chi connectivity index (χ0n) is 10.0. The number of amides is 2. The quantitative estimate of drug-likeness (QED) is 0.578. The summed E-state index contributed by atoms with van der Waals surface area (Å²) in [6.45, 7) is 5.53. The van der Waals surface area contributed by atoms with Crippen LogP contribution in [-0.4, -0.2) is 38.0 Å². The molecule has 0 heterocycles. The van der Waals surface area contributed by atoms with Gasteiger partial charge in [0, 0.05) is 7.05 Å². The summed E-state index contributed by atoms with van der Waals surface area (Å²) >= 11 is 0. The van der Waals surface area contributed by atoms with Gasteiger partial charge in [0.15, 0.2) is 0 Å². The summed E-state index contributed by atoms with van der Waals surface area (Å²) < 4.78 is 0. The van der Waals surface area contributed by atoms with Crippen molar-refractivity contribution in [3.8, 4) is 0 Å². The van der Waals surface area contributed by atoms with Crippen molar-refractivity contribution in [1.29, 1.82) is 0 Å². The van der Waals surface area contributed by atoms with Crippen LogP contribution in [0.3, 0.4) is 0 Å². The summed E-state index contributed by atoms with van der Waals surface area (Å²) in [4.78, 5) is 23.0. The Hall–Kier alpha value is -1.10. The third-order valence-corrected chi connectivity index (χ3v) is 2.32. The van der Waals surface area contributed by atoms with E-state index in [2.05, 4.69) is 16.0 Å². The Morgan fingerprint density at radius 3 is 1.87 bits per heavy atom. The fourth-order valence-corrected chi connectivity index (χ4v) is 1.10. The molecule has 0 aromatic rings. The van der Waals surface area contributed by atoms with Crippen LogP contribution in [0.2, 0.25) is 0 Å². The number of hydrogen-bond acceptors (Lipinski definition) is 3. The number of carbonyl (C=O) groups is 2. The molecule has 0 radical (unpaired) electrons. The molecule has 5 nitrogen and oxygen atoms in total. The van der Waals surface area contributed by atoms with Gasteiger partial charge in [0.25, 0.3) is 0 Å². The monoisotopic (exact) mass is 215 g/mol. The molecule has 0 saturated heterocycles. The molecule has 0 bridgehead atoms. The van der Waals surface area contributed by atoms with Crippen molar-refractivity contribution >= 4 is 11.8 Å². The van der Waals surface area contributed by atoms with Crippen LogP contribution >= 0.6 is 0 Å². The van der Waals surface area contributed by atoms with Gasteiger partial charge >= 0.3 is 0 Å². The molecule has 0 aromatic carbocycles. The van der Waals surface area contributed by atoms with Crippen molar-refractivity contribution in [1.82, 2.24) is 16.0 Å². The van der Waals surface area contributed by atoms with E-state index >= 15 is 0 Å². The molecule has 88 valence electrons. The summed E-state index contributed by atoms with van der Waals surface area (Å²) in [5.74, 6) is -0.264. The number of nitrogens with one attached hydrogen (secondary N) is 3. The molecule has 5 heteroatoms. The molecule has 0 aliphatic rings. The largest absolute Gasteiger partial charge is 0.357 e. The van der Waals surface area contributed by atoms with Crippen LogP contribution in [0.25, 0.3) is 0 Å². The van der Waals surface area contributed by atoms with Gasteiger partial charge in [-0.25, -0.2) is 0 Å². The van der Waals surface area contributed by atoms with Gasteiger partial charge in [-0.3, -0.25) is 9.59 Å². The van der Waals surface area contributed by atoms with Crippen molar-refractivity contribution in [3.05, 3.63) is 0 Å². The maximum Gasteiger partial charge on any atom is 0.242 e. The van der Waals surface area contributed by atoms with E-state index in [1.54, 1.807) is 21.0 Å². The summed E-state index contributed by atoms with van der Waals surface area (Å²) in [5.41, 5.74) is 0. The van der Waals surface area contributed by atoms with Crippen molar-refractivity contribution in [2.24, 2.45) is 5.92 Å². The molecule has 0 fully saturated rings. The lowest BCUT2D eigenvalue weighted by Crippen LogP contribution is -2.53. The van der Waals surface area contributed by atoms with Crippen LogP contribution < -0.4 is 16.0 Å². The van der Waals surface area contributed by atoms with Crippen LogP contribution in [0.4, 0.5) is 0 Å². The van der Waals surface area contributed by atoms with E-state index in [1.807, 2.05) is 13.8 Å². The van der Waals surface area contributed by atoms with Crippen LogP contribution in [0.1, 0.15) is 20.8 Å². The van der Waals surface area contributed by atoms with Gasteiger partial charge in [-0.05, 0) is 19.9 Å². The normalized spacial score (nSPS) is 14.5. The van der Waals surface area contributed by atoms with E-state index in [0.717, 1.165) is 0 Å². The first-order valence-electron chi connectivity index (χ1n) is 5.13. The fraction of sp³-hybridized carbons (Fsp3) is 0.800. The molecule has 2 amide bonds. The number of carbonyl (C=O) groups excluding carboxylic acids is 2. The van der Waals surface area contributed by atoms with Crippen LogP contribution in [0.15, 0.2) is 0 Å². The van der Waals surface area contributed by atoms with Gasteiger partial charge in [-0.2, -0.15) is 0 Å². The third kappa shape index (κ3) is 4.29. The summed E-state index contributed by atoms with van der Waals surface area (Å²) in [7, 11) is 3.26. The highest BCUT2D eigenvalue weighted by Gasteiger charge is 2.24. The number of likely N-dealkylation sites (N-methyl/N-ethyl adjacent to an activating group) is 2. The zero-order chi connectivity index (χ0) is 12.0. The van der Waals surface area contributed by atoms with E-state index in [1.165, 1.54) is 0 Å². The molecule has 0 aromatic heterocycles. The first-order valence-corrected chi connectivity index (χ1v) is 5.13. The molecular weight excluding hydrogens is 194 g/mol. The minimum atomic E-state index is -0.474. The smallest absolute Gasteiger partial charge is 0.242 e. The lowest BCUT2D eigenvalue weighted by Gasteiger charge is -2.22. The summed E-state index contributed by atoms with van der Waals surface area (Å²) in [6, 6.07) is -0.769. The first kappa shape index (κ1) is 13.9. The van der Waals surface area contributed by atoms with E-state index < -0.39 is 6.04 Å². The highest BCUT2D eigenvalue weighted by molar-refractivity contribution is 5.89. The fourth-order valence-electron chi connectivity index (χ4n) is 1.10. The predicted octanol–water partition coefficient (Wildman–Crippen LogP) is -0.519. The second kappa shape index (κ2) is 6.40. The van der Waals surface area contributed by atoms with E-state index in [-0.39, 0.29) is 23.8 Å². The maximum atomic E-state index is 11.6. The minimum absolute atomic E-state index is 0.0676. The van der Waals surface area contributed by atoms with Crippen LogP contribution in [-0.2, 0) is 9.59 Å². The molecule has 2 atom stereocenters. The molecule has 0 spiro atoms. The summed E-state index contributed by atoms with van der Waals surface area (Å²) in [5, 5.41) is 8.06. The van der Waals surface area contributed by atoms with Gasteiger partial charge in [-0.15, -0.1) is 0 Å². The van der Waals surface area contributed by atoms with Crippen molar-refractivity contribution in [2.75, 3.05) is 14.1 Å². The van der Waals surface area contributed by atoms with Crippen molar-refractivity contribution < 1.29 is 9.59 Å². The average molecular weight is 215 g/mol. The molecule has 0 aliphatic carbocycles. The lowest BCUT2D eigenvalue weighted by atomic mass is 10.0. The molecule has 2 unspecified atom stereocenters. The summed E-state index contributed by atoms with van der Waals surface area (Å²) in [6.07, 6.45) is 0. The Bertz CT molecular complexity index is 229. The Morgan fingerprint density at radius 1 is 1.00 bits per heavy atom. The van der Waals surface area contributed by atoms with E-state index in [0.29, 0.717) is 0 Å². The molecule has 0 aliphatic heterocycles. The second-order valence-electron chi connectivity index (χ2n) is 3.85. The van der Waals surface area contributed by atoms with E-state index in [4.69, 9.17) is 0 Å². The molecule has 3 N–H and O–H groups in total. The first-order chi connectivity index (χ1) is 6.93. The third-order valence-electron chi connectivity index (χ3n) is 2.32. The Labute approximate surface area is 91.0 Å². The zero-order valence-corrected chi connectivity index (χ0v) is 10.0. The van der Waals surface area contributed by atoms with Crippen LogP contribution in [0.5, 0.6) is 0 Å². The Balaban J connectivity index is 4.42. The van der Waals surface area contributed by atoms with Crippen molar-refractivity contribution in [3.63, 3.8) is 0 Å². The number of rotatable bonds is 5. The Morgan fingerprint density at radius 2 is 1.53 bits per heavy atom. The van der Waals surface area contributed by atoms with Crippen molar-refractivity contribution in [2.45, 2.75) is 32.9 Å². The number of hydrogen-bond donors (Lipinski definition) is 3. The highest BCUT2D eigenvalue weighted by atomic mass is 16.2. The topological polar surface area (TPSA) is 70.2 Å². The standard InChI is InChI=1S/C10H21N3O2/c1-6(2)8(10(15)12-5)13-9(14)7(3)11-4/h6-8,11H,1-5H3,(H,12,15)(H,13,14). The second-order valence-corrected chi connectivity index (χ2v) is 3.85.